The molecule has 0 unspecified atom stereocenters. The molecule has 0 heterocycles. The number of allylic oxidation sites excluding steroid dienone is 4. The molecule has 4 aromatic carbocycles. The third-order valence-electron chi connectivity index (χ3n) is 9.47. The fraction of sp³-hybridized carbons (Fsp3) is 0.280. The quantitative estimate of drug-likeness (QED) is 0.0111. The average molecular weight is 859 g/mol. The van der Waals surface area contributed by atoms with Crippen molar-refractivity contribution in [1.29, 1.82) is 0 Å². The van der Waals surface area contributed by atoms with Crippen molar-refractivity contribution in [1.82, 2.24) is 0 Å². The van der Waals surface area contributed by atoms with Crippen LogP contribution in [-0.4, -0.2) is 66.9 Å². The molecular weight excluding hydrogens is 801 g/mol. The molecule has 0 N–H and O–H groups in total. The lowest BCUT2D eigenvalue weighted by molar-refractivity contribution is -0.148. The summed E-state index contributed by atoms with van der Waals surface area (Å²) in [5.41, 5.74) is 5.05. The molecule has 0 atom stereocenters. The number of esters is 4. The van der Waals surface area contributed by atoms with Crippen LogP contribution in [0.25, 0.3) is 11.1 Å². The van der Waals surface area contributed by atoms with Crippen molar-refractivity contribution >= 4 is 51.7 Å². The summed E-state index contributed by atoms with van der Waals surface area (Å²) in [5, 5.41) is 0. The Kier molecular flexibility index (Phi) is 19.1. The van der Waals surface area contributed by atoms with Gasteiger partial charge in [0.15, 0.2) is 16.6 Å². The van der Waals surface area contributed by atoms with Crippen LogP contribution in [0.15, 0.2) is 157 Å². The normalized spacial score (nSPS) is 11.8. The molecule has 0 bridgehead atoms. The van der Waals surface area contributed by atoms with Crippen LogP contribution in [-0.2, 0) is 42.2 Å². The number of ether oxygens (including phenoxy) is 4. The van der Waals surface area contributed by atoms with E-state index < -0.39 is 40.5 Å². The lowest BCUT2D eigenvalue weighted by Crippen LogP contribution is -2.44. The minimum Gasteiger partial charge on any atom is -0.462 e. The summed E-state index contributed by atoms with van der Waals surface area (Å²) >= 11 is 0. The van der Waals surface area contributed by atoms with E-state index in [4.69, 9.17) is 23.1 Å². The molecule has 0 amide bonds. The summed E-state index contributed by atoms with van der Waals surface area (Å²) in [6.07, 6.45) is 7.57. The number of hydrogen-bond donors (Lipinski definition) is 0. The maximum absolute atomic E-state index is 13.3. The summed E-state index contributed by atoms with van der Waals surface area (Å²) in [6, 6.07) is 40.4. The first-order chi connectivity index (χ1) is 29.3. The van der Waals surface area contributed by atoms with E-state index in [2.05, 4.69) is 26.2 Å². The van der Waals surface area contributed by atoms with Crippen molar-refractivity contribution in [3.05, 3.63) is 179 Å². The molecule has 0 fully saturated rings. The first kappa shape index (κ1) is 47.8. The fourth-order valence-corrected chi connectivity index (χ4v) is 15.5. The molecule has 0 spiro atoms. The third-order valence-corrected chi connectivity index (χ3v) is 17.0. The number of carbonyl (C=O) groups is 4. The highest BCUT2D eigenvalue weighted by molar-refractivity contribution is 6.84. The van der Waals surface area contributed by atoms with Crippen LogP contribution in [0, 0.1) is 0 Å². The van der Waals surface area contributed by atoms with E-state index in [0.29, 0.717) is 12.8 Å². The highest BCUT2D eigenvalue weighted by Crippen LogP contribution is 2.27. The molecule has 11 heteroatoms. The largest absolute Gasteiger partial charge is 0.462 e. The van der Waals surface area contributed by atoms with E-state index in [0.717, 1.165) is 45.5 Å². The van der Waals surface area contributed by atoms with Crippen molar-refractivity contribution in [2.45, 2.75) is 65.0 Å². The van der Waals surface area contributed by atoms with Gasteiger partial charge < -0.3 is 23.1 Å². The molecule has 9 nitrogen and oxygen atoms in total. The molecule has 0 radical (unpaired) electrons. The highest BCUT2D eigenvalue weighted by atomic mass is 28.4. The molecule has 0 saturated carbocycles. The van der Waals surface area contributed by atoms with Crippen molar-refractivity contribution in [2.24, 2.45) is 0 Å². The van der Waals surface area contributed by atoms with Crippen LogP contribution >= 0.6 is 0 Å². The van der Waals surface area contributed by atoms with Crippen LogP contribution < -0.4 is 0 Å². The number of carbonyl (C=O) groups excluding carboxylic acids is 4. The molecule has 4 aromatic rings. The highest BCUT2D eigenvalue weighted by Gasteiger charge is 2.33. The molecule has 0 aliphatic rings. The minimum absolute atomic E-state index is 0.116. The average Bonchev–Trinajstić information content (AvgIpc) is 3.25. The Bertz CT molecular complexity index is 1920. The predicted molar refractivity (Wildman–Crippen MR) is 246 cm³/mol. The van der Waals surface area contributed by atoms with Crippen LogP contribution in [0.2, 0.25) is 38.3 Å². The third kappa shape index (κ3) is 15.9. The van der Waals surface area contributed by atoms with Crippen molar-refractivity contribution in [3.63, 3.8) is 0 Å². The second kappa shape index (κ2) is 24.4. The molecule has 4 rings (SSSR count). The zero-order valence-electron chi connectivity index (χ0n) is 36.2. The van der Waals surface area contributed by atoms with Crippen LogP contribution in [0.3, 0.4) is 0 Å². The smallest absolute Gasteiger partial charge is 0.345 e. The Labute approximate surface area is 363 Å². The first-order valence-corrected chi connectivity index (χ1v) is 27.0. The van der Waals surface area contributed by atoms with Crippen LogP contribution in [0.4, 0.5) is 0 Å². The van der Waals surface area contributed by atoms with Crippen LogP contribution in [0.5, 0.6) is 0 Å². The maximum Gasteiger partial charge on any atom is 0.345 e. The van der Waals surface area contributed by atoms with Gasteiger partial charge in [0, 0.05) is 0 Å². The Balaban J connectivity index is 1.32. The summed E-state index contributed by atoms with van der Waals surface area (Å²) < 4.78 is 28.5. The standard InChI is InChI=1S/C50H58O9Si2/c1-7-55-47(51)45(33-31-43(39-23-13-9-14-24-39)40-25-15-10-16-26-40)49(53)57-35-21-37-60(3,4)59-61(5,6)38-22-36-58-50(54)46(48(52)56-8-2)34-32-44(41-27-17-11-18-28-41)42-29-19-12-20-30-42/h9-20,23-34H,7-8,21-22,35-38H2,1-6H3/b45-33+,46-34+. The van der Waals surface area contributed by atoms with Gasteiger partial charge in [-0.15, -0.1) is 0 Å². The summed E-state index contributed by atoms with van der Waals surface area (Å²) in [6.45, 7) is 12.4. The van der Waals surface area contributed by atoms with Crippen molar-refractivity contribution < 1.29 is 42.2 Å². The molecule has 0 aromatic heterocycles. The van der Waals surface area contributed by atoms with Gasteiger partial charge in [-0.05, 0) is 111 Å². The molecular formula is C50H58O9Si2. The van der Waals surface area contributed by atoms with E-state index >= 15 is 0 Å². The van der Waals surface area contributed by atoms with Crippen molar-refractivity contribution in [2.75, 3.05) is 26.4 Å². The second-order valence-corrected chi connectivity index (χ2v) is 24.2. The van der Waals surface area contributed by atoms with Crippen molar-refractivity contribution in [3.8, 4) is 0 Å². The number of hydrogen-bond acceptors (Lipinski definition) is 9. The van der Waals surface area contributed by atoms with Gasteiger partial charge in [0.05, 0.1) is 26.4 Å². The summed E-state index contributed by atoms with van der Waals surface area (Å²) in [5.74, 6) is -2.98. The molecule has 320 valence electrons. The Morgan fingerprint density at radius 2 is 0.705 bits per heavy atom. The van der Waals surface area contributed by atoms with Gasteiger partial charge in [0.2, 0.25) is 0 Å². The van der Waals surface area contributed by atoms with Gasteiger partial charge in [-0.1, -0.05) is 133 Å². The Hall–Kier alpha value is -5.89. The topological polar surface area (TPSA) is 114 Å². The SMILES string of the molecule is CCOC(=O)/C(=C\C=C(c1ccccc1)c1ccccc1)C(=O)OCCC[Si](C)(C)O[Si](C)(C)CCCOC(=O)/C(=C/C=C(c1ccccc1)c1ccccc1)C(=O)OCC. The summed E-state index contributed by atoms with van der Waals surface area (Å²) in [7, 11) is -4.42. The lowest BCUT2D eigenvalue weighted by Gasteiger charge is -2.34. The van der Waals surface area contributed by atoms with Gasteiger partial charge in [-0.25, -0.2) is 19.2 Å². The zero-order chi connectivity index (χ0) is 44.1. The summed E-state index contributed by atoms with van der Waals surface area (Å²) in [4.78, 5) is 52.4. The van der Waals surface area contributed by atoms with E-state index in [1.54, 1.807) is 26.0 Å². The lowest BCUT2D eigenvalue weighted by atomic mass is 9.97. The van der Waals surface area contributed by atoms with E-state index in [-0.39, 0.29) is 37.6 Å². The zero-order valence-corrected chi connectivity index (χ0v) is 38.2. The van der Waals surface area contributed by atoms with E-state index in [9.17, 15) is 19.2 Å². The number of rotatable bonds is 22. The Morgan fingerprint density at radius 3 is 0.984 bits per heavy atom. The molecule has 0 saturated heterocycles. The first-order valence-electron chi connectivity index (χ1n) is 20.8. The molecule has 0 aliphatic carbocycles. The Morgan fingerprint density at radius 1 is 0.426 bits per heavy atom. The fourth-order valence-electron chi connectivity index (χ4n) is 6.71. The van der Waals surface area contributed by atoms with E-state index in [1.165, 1.54) is 12.2 Å². The van der Waals surface area contributed by atoms with Gasteiger partial charge in [0.25, 0.3) is 0 Å². The maximum atomic E-state index is 13.3. The minimum atomic E-state index is -2.21. The van der Waals surface area contributed by atoms with E-state index in [1.807, 2.05) is 121 Å². The van der Waals surface area contributed by atoms with Gasteiger partial charge in [0.1, 0.15) is 11.1 Å². The monoisotopic (exact) mass is 858 g/mol. The predicted octanol–water partition coefficient (Wildman–Crippen LogP) is 10.5. The van der Waals surface area contributed by atoms with Crippen LogP contribution in [0.1, 0.15) is 48.9 Å². The van der Waals surface area contributed by atoms with Gasteiger partial charge >= 0.3 is 23.9 Å². The number of benzene rings is 4. The van der Waals surface area contributed by atoms with Gasteiger partial charge in [-0.2, -0.15) is 0 Å². The second-order valence-electron chi connectivity index (χ2n) is 15.3. The van der Waals surface area contributed by atoms with Gasteiger partial charge in [-0.3, -0.25) is 0 Å². The molecule has 61 heavy (non-hydrogen) atoms. The molecule has 0 aliphatic heterocycles.